The molecule has 0 aliphatic rings. The van der Waals surface area contributed by atoms with Crippen molar-refractivity contribution in [2.24, 2.45) is 0 Å². The summed E-state index contributed by atoms with van der Waals surface area (Å²) in [6.07, 6.45) is 0. The van der Waals surface area contributed by atoms with E-state index >= 15 is 0 Å². The monoisotopic (exact) mass is 326 g/mol. The fraction of sp³-hybridized carbons (Fsp3) is 1.00. The van der Waals surface area contributed by atoms with E-state index in [0.29, 0.717) is 0 Å². The van der Waals surface area contributed by atoms with E-state index < -0.39 is 16.1 Å². The molecule has 0 radical (unpaired) electrons. The second kappa shape index (κ2) is 3.69. The van der Waals surface area contributed by atoms with Crippen LogP contribution in [0.4, 0.5) is 4.39 Å². The average molecular weight is 326 g/mol. The van der Waals surface area contributed by atoms with E-state index in [1.807, 2.05) is 0 Å². The van der Waals surface area contributed by atoms with Gasteiger partial charge in [0.05, 0.1) is 0 Å². The molecule has 0 amide bonds. The predicted molar refractivity (Wildman–Crippen MR) is 27.5 cm³/mol. The topological polar surface area (TPSA) is 54.4 Å². The molecule has 0 aromatic heterocycles. The third kappa shape index (κ3) is 10.8. The molecule has 46 valence electrons. The molecule has 3 nitrogen and oxygen atoms in total. The Kier molecular flexibility index (Phi) is 5.62. The Balaban J connectivity index is 0. The van der Waals surface area contributed by atoms with Crippen molar-refractivity contribution < 1.29 is 17.4 Å². The standard InChI is InChI=1S/CH3FO3S.Bi.3H/c2-1-6(3,4)5;;;;/h1H2,(H,3,4,5);;;;. The van der Waals surface area contributed by atoms with E-state index in [0.717, 1.165) is 0 Å². The van der Waals surface area contributed by atoms with Crippen LogP contribution in [0, 0.1) is 0 Å². The summed E-state index contributed by atoms with van der Waals surface area (Å²) in [6.45, 7) is 0. The van der Waals surface area contributed by atoms with Gasteiger partial charge < -0.3 is 0 Å². The Morgan fingerprint density at radius 1 is 1.57 bits per heavy atom. The van der Waals surface area contributed by atoms with Crippen LogP contribution in [0.15, 0.2) is 0 Å². The van der Waals surface area contributed by atoms with Gasteiger partial charge in [0.1, 0.15) is 0 Å². The zero-order valence-electron chi connectivity index (χ0n) is 3.46. The summed E-state index contributed by atoms with van der Waals surface area (Å²) in [7, 11) is -4.33. The van der Waals surface area contributed by atoms with Crippen LogP contribution < -0.4 is 0 Å². The summed E-state index contributed by atoms with van der Waals surface area (Å²) in [5.74, 6) is 0. The first-order valence-electron chi connectivity index (χ1n) is 1.07. The predicted octanol–water partition coefficient (Wildman–Crippen LogP) is -1.38. The molecule has 0 fully saturated rings. The number of hydrogen-bond acceptors (Lipinski definition) is 2. The zero-order chi connectivity index (χ0) is 5.21. The molecule has 7 heavy (non-hydrogen) atoms. The normalized spacial score (nSPS) is 10.0. The first-order valence-corrected chi connectivity index (χ1v) is 2.68. The number of alkyl halides is 1. The van der Waals surface area contributed by atoms with Gasteiger partial charge in [0, 0.05) is 0 Å². The van der Waals surface area contributed by atoms with Gasteiger partial charge in [-0.3, -0.25) is 4.55 Å². The summed E-state index contributed by atoms with van der Waals surface area (Å²) in [6, 6.07) is -1.70. The fourth-order valence-corrected chi connectivity index (χ4v) is 0. The molecule has 0 saturated carbocycles. The molecule has 0 spiro atoms. The molecule has 0 aromatic rings. The van der Waals surface area contributed by atoms with Crippen molar-refractivity contribution in [3.63, 3.8) is 0 Å². The summed E-state index contributed by atoms with van der Waals surface area (Å²) < 4.78 is 36.4. The van der Waals surface area contributed by atoms with Crippen LogP contribution in [0.3, 0.4) is 0 Å². The van der Waals surface area contributed by atoms with Crippen molar-refractivity contribution in [1.29, 1.82) is 0 Å². The Morgan fingerprint density at radius 2 is 1.71 bits per heavy atom. The van der Waals surface area contributed by atoms with E-state index in [9.17, 15) is 12.8 Å². The first kappa shape index (κ1) is 10.7. The summed E-state index contributed by atoms with van der Waals surface area (Å²) in [5, 5.41) is 0. The molecular weight excluding hydrogens is 320 g/mol. The van der Waals surface area contributed by atoms with Gasteiger partial charge in [0.2, 0.25) is 6.01 Å². The molecule has 6 heteroatoms. The fourth-order valence-electron chi connectivity index (χ4n) is 0. The third-order valence-corrected chi connectivity index (χ3v) is 0.414. The van der Waals surface area contributed by atoms with Gasteiger partial charge in [0.25, 0.3) is 10.1 Å². The van der Waals surface area contributed by atoms with Crippen molar-refractivity contribution in [3.05, 3.63) is 0 Å². The quantitative estimate of drug-likeness (QED) is 0.477. The maximum absolute atomic E-state index is 10.7. The van der Waals surface area contributed by atoms with E-state index in [2.05, 4.69) is 0 Å². The van der Waals surface area contributed by atoms with Gasteiger partial charge in [-0.05, 0) is 0 Å². The molecule has 0 aliphatic heterocycles. The molecular formula is CH6BiFO3S. The van der Waals surface area contributed by atoms with Crippen molar-refractivity contribution in [3.8, 4) is 0 Å². The van der Waals surface area contributed by atoms with Gasteiger partial charge in [-0.1, -0.05) is 0 Å². The SMILES string of the molecule is O=S(=O)(O)CF.[BiH3]. The summed E-state index contributed by atoms with van der Waals surface area (Å²) in [5.41, 5.74) is 0. The van der Waals surface area contributed by atoms with E-state index in [1.54, 1.807) is 0 Å². The Hall–Kier alpha value is 0.723. The molecule has 0 aliphatic carbocycles. The summed E-state index contributed by atoms with van der Waals surface area (Å²) >= 11 is 0. The molecule has 0 atom stereocenters. The van der Waals surface area contributed by atoms with Crippen LogP contribution in [0.5, 0.6) is 0 Å². The van der Waals surface area contributed by atoms with Crippen LogP contribution in [-0.4, -0.2) is 45.2 Å². The second-order valence-electron chi connectivity index (χ2n) is 0.691. The van der Waals surface area contributed by atoms with Crippen LogP contribution in [-0.2, 0) is 10.1 Å². The molecule has 0 heterocycles. The Labute approximate surface area is 59.8 Å². The maximum atomic E-state index is 10.7. The van der Waals surface area contributed by atoms with Crippen LogP contribution in [0.1, 0.15) is 0 Å². The Bertz CT molecular complexity index is 117. The van der Waals surface area contributed by atoms with Gasteiger partial charge in [-0.2, -0.15) is 8.42 Å². The molecule has 1 N–H and O–H groups in total. The Morgan fingerprint density at radius 3 is 1.71 bits per heavy atom. The van der Waals surface area contributed by atoms with Gasteiger partial charge in [-0.15, -0.1) is 0 Å². The van der Waals surface area contributed by atoms with E-state index in [4.69, 9.17) is 4.55 Å². The van der Waals surface area contributed by atoms with Gasteiger partial charge in [-0.25, -0.2) is 4.39 Å². The molecule has 0 rings (SSSR count). The van der Waals surface area contributed by atoms with E-state index in [1.165, 1.54) is 0 Å². The molecule has 0 aromatic carbocycles. The molecule has 0 unspecified atom stereocenters. The minimum atomic E-state index is -4.33. The summed E-state index contributed by atoms with van der Waals surface area (Å²) in [4.78, 5) is 0. The van der Waals surface area contributed by atoms with Crippen molar-refractivity contribution >= 4 is 36.3 Å². The van der Waals surface area contributed by atoms with Crippen LogP contribution in [0.2, 0.25) is 0 Å². The average Bonchev–Trinajstić information content (AvgIpc) is 1.35. The van der Waals surface area contributed by atoms with Crippen LogP contribution >= 0.6 is 0 Å². The van der Waals surface area contributed by atoms with E-state index in [-0.39, 0.29) is 26.2 Å². The van der Waals surface area contributed by atoms with Crippen LogP contribution in [0.25, 0.3) is 0 Å². The minimum absolute atomic E-state index is 0. The second-order valence-corrected chi connectivity index (χ2v) is 2.07. The first-order chi connectivity index (χ1) is 2.56. The van der Waals surface area contributed by atoms with Crippen molar-refractivity contribution in [1.82, 2.24) is 0 Å². The zero-order valence-corrected chi connectivity index (χ0v) is 9.78. The molecule has 0 bridgehead atoms. The van der Waals surface area contributed by atoms with Gasteiger partial charge in [0.15, 0.2) is 0 Å². The number of halogens is 1. The van der Waals surface area contributed by atoms with Crippen molar-refractivity contribution in [2.75, 3.05) is 6.01 Å². The van der Waals surface area contributed by atoms with Crippen molar-refractivity contribution in [2.45, 2.75) is 0 Å². The third-order valence-electron chi connectivity index (χ3n) is 0.138. The molecule has 0 saturated heterocycles. The van der Waals surface area contributed by atoms with Gasteiger partial charge >= 0.3 is 26.2 Å². The number of rotatable bonds is 1. The number of hydrogen-bond donors (Lipinski definition) is 1.